The van der Waals surface area contributed by atoms with E-state index >= 15 is 0 Å². The van der Waals surface area contributed by atoms with Gasteiger partial charge in [0.2, 0.25) is 17.6 Å². The topological polar surface area (TPSA) is 104 Å². The largest absolute Gasteiger partial charge is 0.405 e. The van der Waals surface area contributed by atoms with E-state index in [0.717, 1.165) is 11.4 Å². The summed E-state index contributed by atoms with van der Waals surface area (Å²) >= 11 is 11.9. The highest BCUT2D eigenvalue weighted by atomic mass is 35.5. The predicted octanol–water partition coefficient (Wildman–Crippen LogP) is 4.76. The van der Waals surface area contributed by atoms with Crippen molar-refractivity contribution in [3.8, 4) is 0 Å². The van der Waals surface area contributed by atoms with Crippen LogP contribution in [0.4, 0.5) is 22.0 Å². The van der Waals surface area contributed by atoms with E-state index in [-0.39, 0.29) is 6.42 Å². The maximum atomic E-state index is 14.5. The number of carbonyl (C=O) groups is 4. The van der Waals surface area contributed by atoms with Crippen LogP contribution in [0, 0.1) is 5.92 Å². The second-order valence-corrected chi connectivity index (χ2v) is 10.1. The number of nitrogens with one attached hydrogen (secondary N) is 3. The molecule has 2 aromatic carbocycles. The minimum atomic E-state index is -4.99. The van der Waals surface area contributed by atoms with Gasteiger partial charge in [0.1, 0.15) is 12.6 Å². The molecule has 0 saturated heterocycles. The minimum absolute atomic E-state index is 0.114. The standard InChI is InChI=1S/C27H26Cl2F5N3O4/c1-15(2)22(23(39)27(33,34)25(41)35-14-26(30,31)32)37-24(40)20(12-16-6-4-3-5-7-16)36-21(38)9-8-17-10-18(28)13-19(29)11-17/h3-11,13,15,20,22H,12,14H2,1-2H3,(H,35,41)(H,36,38)(H,37,40)/t20-,22-/m0/s1. The van der Waals surface area contributed by atoms with Gasteiger partial charge >= 0.3 is 12.1 Å². The van der Waals surface area contributed by atoms with E-state index in [1.54, 1.807) is 30.3 Å². The van der Waals surface area contributed by atoms with Crippen LogP contribution in [0.5, 0.6) is 0 Å². The molecule has 0 unspecified atom stereocenters. The summed E-state index contributed by atoms with van der Waals surface area (Å²) < 4.78 is 66.2. The summed E-state index contributed by atoms with van der Waals surface area (Å²) in [5.41, 5.74) is 1.04. The van der Waals surface area contributed by atoms with Crippen LogP contribution in [0.15, 0.2) is 54.6 Å². The first-order valence-electron chi connectivity index (χ1n) is 12.1. The van der Waals surface area contributed by atoms with Crippen molar-refractivity contribution >= 4 is 52.8 Å². The van der Waals surface area contributed by atoms with Crippen LogP contribution in [-0.4, -0.2) is 54.2 Å². The molecule has 0 aliphatic rings. The lowest BCUT2D eigenvalue weighted by Gasteiger charge is -2.27. The van der Waals surface area contributed by atoms with E-state index in [1.807, 2.05) is 0 Å². The monoisotopic (exact) mass is 621 g/mol. The fourth-order valence-corrected chi connectivity index (χ4v) is 4.05. The minimum Gasteiger partial charge on any atom is -0.344 e. The molecular formula is C27H26Cl2F5N3O4. The van der Waals surface area contributed by atoms with E-state index in [1.165, 1.54) is 38.1 Å². The van der Waals surface area contributed by atoms with Gasteiger partial charge in [0.25, 0.3) is 5.91 Å². The van der Waals surface area contributed by atoms with Gasteiger partial charge in [-0.15, -0.1) is 0 Å². The zero-order valence-corrected chi connectivity index (χ0v) is 23.2. The molecule has 0 radical (unpaired) electrons. The Morgan fingerprint density at radius 3 is 2.02 bits per heavy atom. The lowest BCUT2D eigenvalue weighted by molar-refractivity contribution is -0.165. The van der Waals surface area contributed by atoms with Gasteiger partial charge in [-0.2, -0.15) is 22.0 Å². The SMILES string of the molecule is CC(C)[C@H](NC(=O)[C@H](Cc1ccccc1)NC(=O)C=Cc1cc(Cl)cc(Cl)c1)C(=O)C(F)(F)C(=O)NCC(F)(F)F. The Labute approximate surface area is 242 Å². The molecule has 0 fully saturated rings. The number of alkyl halides is 5. The Hall–Kier alpha value is -3.51. The maximum absolute atomic E-state index is 14.5. The first-order chi connectivity index (χ1) is 19.0. The molecule has 2 rings (SSSR count). The van der Waals surface area contributed by atoms with E-state index in [9.17, 15) is 41.1 Å². The van der Waals surface area contributed by atoms with Gasteiger partial charge in [0, 0.05) is 22.5 Å². The van der Waals surface area contributed by atoms with Crippen LogP contribution in [-0.2, 0) is 25.6 Å². The Kier molecular flexibility index (Phi) is 11.8. The molecule has 0 aliphatic carbocycles. The molecule has 0 aromatic heterocycles. The number of benzene rings is 2. The molecule has 3 N–H and O–H groups in total. The summed E-state index contributed by atoms with van der Waals surface area (Å²) in [6.45, 7) is 0.500. The first kappa shape index (κ1) is 33.7. The van der Waals surface area contributed by atoms with Gasteiger partial charge in [-0.25, -0.2) is 0 Å². The molecule has 41 heavy (non-hydrogen) atoms. The number of rotatable bonds is 12. The normalized spacial score (nSPS) is 13.5. The number of Topliss-reactive ketones (excluding diaryl/α,β-unsaturated/α-hetero) is 1. The second kappa shape index (κ2) is 14.4. The fraction of sp³-hybridized carbons (Fsp3) is 0.333. The van der Waals surface area contributed by atoms with Gasteiger partial charge in [-0.1, -0.05) is 67.4 Å². The number of amides is 3. The lowest BCUT2D eigenvalue weighted by Crippen LogP contribution is -2.59. The first-order valence-corrected chi connectivity index (χ1v) is 12.8. The Bertz CT molecular complexity index is 1270. The summed E-state index contributed by atoms with van der Waals surface area (Å²) in [5, 5.41) is 6.16. The molecule has 222 valence electrons. The van der Waals surface area contributed by atoms with Crippen molar-refractivity contribution in [2.75, 3.05) is 6.54 Å². The van der Waals surface area contributed by atoms with E-state index < -0.39 is 60.1 Å². The van der Waals surface area contributed by atoms with Crippen LogP contribution in [0.1, 0.15) is 25.0 Å². The Balaban J connectivity index is 2.25. The van der Waals surface area contributed by atoms with Crippen molar-refractivity contribution in [1.29, 1.82) is 0 Å². The molecule has 0 spiro atoms. The van der Waals surface area contributed by atoms with Crippen LogP contribution in [0.25, 0.3) is 6.08 Å². The van der Waals surface area contributed by atoms with Crippen molar-refractivity contribution in [3.63, 3.8) is 0 Å². The molecule has 7 nitrogen and oxygen atoms in total. The number of carbonyl (C=O) groups excluding carboxylic acids is 4. The zero-order valence-electron chi connectivity index (χ0n) is 21.7. The summed E-state index contributed by atoms with van der Waals surface area (Å²) in [6, 6.07) is 9.48. The second-order valence-electron chi connectivity index (χ2n) is 9.25. The average molecular weight is 622 g/mol. The molecule has 2 aromatic rings. The third-order valence-corrected chi connectivity index (χ3v) is 5.96. The van der Waals surface area contributed by atoms with Gasteiger partial charge in [0.15, 0.2) is 0 Å². The molecular weight excluding hydrogens is 596 g/mol. The van der Waals surface area contributed by atoms with E-state index in [4.69, 9.17) is 23.2 Å². The Morgan fingerprint density at radius 1 is 0.902 bits per heavy atom. The molecule has 14 heteroatoms. The van der Waals surface area contributed by atoms with E-state index in [0.29, 0.717) is 21.2 Å². The molecule has 2 atom stereocenters. The van der Waals surface area contributed by atoms with Crippen molar-refractivity contribution in [2.45, 2.75) is 44.5 Å². The van der Waals surface area contributed by atoms with Crippen molar-refractivity contribution in [3.05, 3.63) is 75.8 Å². The van der Waals surface area contributed by atoms with Gasteiger partial charge in [-0.3, -0.25) is 19.2 Å². The maximum Gasteiger partial charge on any atom is 0.405 e. The van der Waals surface area contributed by atoms with Crippen LogP contribution >= 0.6 is 23.2 Å². The summed E-state index contributed by atoms with van der Waals surface area (Å²) in [6.07, 6.45) is -2.66. The zero-order chi connectivity index (χ0) is 31.0. The van der Waals surface area contributed by atoms with Crippen molar-refractivity contribution in [1.82, 2.24) is 16.0 Å². The van der Waals surface area contributed by atoms with Gasteiger partial charge in [-0.05, 0) is 41.3 Å². The van der Waals surface area contributed by atoms with Gasteiger partial charge in [0.05, 0.1) is 6.04 Å². The average Bonchev–Trinajstić information content (AvgIpc) is 2.87. The summed E-state index contributed by atoms with van der Waals surface area (Å²) in [4.78, 5) is 50.2. The van der Waals surface area contributed by atoms with E-state index in [2.05, 4.69) is 10.6 Å². The molecule has 3 amide bonds. The molecule has 0 saturated carbocycles. The van der Waals surface area contributed by atoms with Crippen LogP contribution in [0.2, 0.25) is 10.0 Å². The van der Waals surface area contributed by atoms with Crippen molar-refractivity contribution in [2.24, 2.45) is 5.92 Å². The third-order valence-electron chi connectivity index (χ3n) is 5.52. The van der Waals surface area contributed by atoms with Crippen molar-refractivity contribution < 1.29 is 41.1 Å². The number of ketones is 1. The quantitative estimate of drug-likeness (QED) is 0.181. The highest BCUT2D eigenvalue weighted by Crippen LogP contribution is 2.22. The predicted molar refractivity (Wildman–Crippen MR) is 143 cm³/mol. The number of hydrogen-bond acceptors (Lipinski definition) is 4. The fourth-order valence-electron chi connectivity index (χ4n) is 3.51. The van der Waals surface area contributed by atoms with Crippen LogP contribution < -0.4 is 16.0 Å². The van der Waals surface area contributed by atoms with Gasteiger partial charge < -0.3 is 16.0 Å². The summed E-state index contributed by atoms with van der Waals surface area (Å²) in [5.74, 6) is -12.3. The number of halogens is 7. The molecule has 0 aliphatic heterocycles. The molecule has 0 bridgehead atoms. The lowest BCUT2D eigenvalue weighted by atomic mass is 9.94. The third kappa shape index (κ3) is 10.8. The smallest absolute Gasteiger partial charge is 0.344 e. The highest BCUT2D eigenvalue weighted by Gasteiger charge is 2.52. The summed E-state index contributed by atoms with van der Waals surface area (Å²) in [7, 11) is 0. The number of hydrogen-bond donors (Lipinski definition) is 3. The van der Waals surface area contributed by atoms with Crippen LogP contribution in [0.3, 0.4) is 0 Å². The Morgan fingerprint density at radius 2 is 1.49 bits per heavy atom. The molecule has 0 heterocycles. The highest BCUT2D eigenvalue weighted by molar-refractivity contribution is 6.34.